The van der Waals surface area contributed by atoms with E-state index in [1.54, 1.807) is 12.1 Å². The molecular weight excluding hydrogens is 1010 g/mol. The van der Waals surface area contributed by atoms with Crippen LogP contribution in [0.5, 0.6) is 11.5 Å². The van der Waals surface area contributed by atoms with Gasteiger partial charge in [-0.3, -0.25) is 0 Å². The molecule has 0 radical (unpaired) electrons. The molecule has 4 aromatic rings. The second-order valence-electron chi connectivity index (χ2n) is 18.7. The van der Waals surface area contributed by atoms with Crippen molar-refractivity contribution in [3.8, 4) is 11.5 Å². The van der Waals surface area contributed by atoms with Crippen LogP contribution in [-0.4, -0.2) is 32.2 Å². The first kappa shape index (κ1) is 58.7. The number of halogens is 13. The highest BCUT2D eigenvalue weighted by molar-refractivity contribution is 7.87. The Morgan fingerprint density at radius 2 is 1.00 bits per heavy atom. The van der Waals surface area contributed by atoms with Crippen LogP contribution in [0.2, 0.25) is 0 Å². The highest BCUT2D eigenvalue weighted by Gasteiger charge is 2.52. The summed E-state index contributed by atoms with van der Waals surface area (Å²) >= 11 is 0. The highest BCUT2D eigenvalue weighted by atomic mass is 32.2. The topological polar surface area (TPSA) is 80.3 Å². The minimum atomic E-state index is -5.50. The van der Waals surface area contributed by atoms with Crippen LogP contribution in [0.25, 0.3) is 5.57 Å². The first-order valence-corrected chi connectivity index (χ1v) is 24.7. The van der Waals surface area contributed by atoms with Crippen molar-refractivity contribution in [1.29, 1.82) is 0 Å². The van der Waals surface area contributed by atoms with E-state index in [-0.39, 0.29) is 12.2 Å². The fourth-order valence-corrected chi connectivity index (χ4v) is 8.44. The summed E-state index contributed by atoms with van der Waals surface area (Å²) in [5, 5.41) is 0. The fraction of sp³-hybridized carbons (Fsp3) is 0.451. The number of alkyl halides is 7. The van der Waals surface area contributed by atoms with Crippen LogP contribution in [0.4, 0.5) is 57.1 Å². The lowest BCUT2D eigenvalue weighted by Gasteiger charge is -2.32. The zero-order chi connectivity index (χ0) is 54.3. The van der Waals surface area contributed by atoms with Gasteiger partial charge in [0, 0.05) is 30.7 Å². The third-order valence-corrected chi connectivity index (χ3v) is 13.7. The quantitative estimate of drug-likeness (QED) is 0.0409. The first-order valence-electron chi connectivity index (χ1n) is 23.3. The van der Waals surface area contributed by atoms with Gasteiger partial charge in [0.05, 0.1) is 22.3 Å². The van der Waals surface area contributed by atoms with Gasteiger partial charge in [0.2, 0.25) is 0 Å². The van der Waals surface area contributed by atoms with Gasteiger partial charge in [0.1, 0.15) is 17.3 Å². The van der Waals surface area contributed by atoms with Gasteiger partial charge in [-0.2, -0.15) is 39.2 Å². The summed E-state index contributed by atoms with van der Waals surface area (Å²) in [6.45, 7) is 11.7. The largest absolute Gasteiger partial charge is 0.534 e. The molecule has 7 nitrogen and oxygen atoms in total. The van der Waals surface area contributed by atoms with Gasteiger partial charge in [-0.25, -0.2) is 26.3 Å². The van der Waals surface area contributed by atoms with Crippen LogP contribution in [0.1, 0.15) is 122 Å². The number of benzene rings is 4. The van der Waals surface area contributed by atoms with Crippen molar-refractivity contribution in [1.82, 2.24) is 0 Å². The normalized spacial score (nSPS) is 18.9. The standard InChI is InChI=1S/C22H21F5O.C19H18BF5O3.C10H15F3O3S/c1-2-3-14-4-6-15(7-5-14)16-8-10-17(11-9-16)22(26,27)28-18-12-19(23)21(25)20(24)13-18;1-17(2)18(3,4)28-20(27-17)12-7-5-11(6-8-12)19(24,25)26-13-9-14(21)16(23)15(22)10-13;1-2-3-8-4-6-9(7-5-8)16-17(14,15)10(11,12)13/h6,8-14H,2-5,7H2,1H3;5-10H,1-4H3;6,8H,2-5,7H2,1H3. The molecule has 0 bridgehead atoms. The van der Waals surface area contributed by atoms with Gasteiger partial charge in [0.15, 0.2) is 34.9 Å². The molecule has 1 fully saturated rings. The molecule has 73 heavy (non-hydrogen) atoms. The maximum atomic E-state index is 14.3. The fourth-order valence-electron chi connectivity index (χ4n) is 7.91. The molecule has 0 aromatic heterocycles. The lowest BCUT2D eigenvalue weighted by Crippen LogP contribution is -2.41. The Kier molecular flexibility index (Phi) is 18.9. The summed E-state index contributed by atoms with van der Waals surface area (Å²) in [4.78, 5) is 0. The Morgan fingerprint density at radius 3 is 1.36 bits per heavy atom. The van der Waals surface area contributed by atoms with Crippen molar-refractivity contribution in [2.24, 2.45) is 11.8 Å². The Labute approximate surface area is 416 Å². The van der Waals surface area contributed by atoms with Gasteiger partial charge in [0.25, 0.3) is 0 Å². The summed E-state index contributed by atoms with van der Waals surface area (Å²) in [6.07, 6.45) is 4.74. The van der Waals surface area contributed by atoms with Crippen LogP contribution < -0.4 is 14.9 Å². The van der Waals surface area contributed by atoms with E-state index in [4.69, 9.17) is 9.31 Å². The van der Waals surface area contributed by atoms with Crippen molar-refractivity contribution in [3.63, 3.8) is 0 Å². The van der Waals surface area contributed by atoms with Gasteiger partial charge in [-0.05, 0) is 119 Å². The molecule has 7 rings (SSSR count). The number of hydrogen-bond donors (Lipinski definition) is 0. The third-order valence-electron chi connectivity index (χ3n) is 12.7. The van der Waals surface area contributed by atoms with Crippen LogP contribution in [0, 0.1) is 46.7 Å². The van der Waals surface area contributed by atoms with Crippen molar-refractivity contribution < 1.29 is 88.5 Å². The van der Waals surface area contributed by atoms with Crippen molar-refractivity contribution in [3.05, 3.63) is 142 Å². The van der Waals surface area contributed by atoms with E-state index in [0.717, 1.165) is 61.8 Å². The molecule has 22 heteroatoms. The minimum Gasteiger partial charge on any atom is -0.429 e. The van der Waals surface area contributed by atoms with Crippen LogP contribution in [0.15, 0.2) is 90.7 Å². The highest BCUT2D eigenvalue weighted by Crippen LogP contribution is 2.39. The lowest BCUT2D eigenvalue weighted by atomic mass is 9.79. The minimum absolute atomic E-state index is 0.0883. The zero-order valence-corrected chi connectivity index (χ0v) is 41.4. The zero-order valence-electron chi connectivity index (χ0n) is 40.6. The molecule has 1 heterocycles. The predicted molar refractivity (Wildman–Crippen MR) is 247 cm³/mol. The van der Waals surface area contributed by atoms with Gasteiger partial charge < -0.3 is 23.0 Å². The summed E-state index contributed by atoms with van der Waals surface area (Å²) in [5.74, 6) is -10.5. The van der Waals surface area contributed by atoms with Gasteiger partial charge >= 0.3 is 35.0 Å². The molecule has 0 N–H and O–H groups in total. The monoisotopic (exact) mass is 1070 g/mol. The predicted octanol–water partition coefficient (Wildman–Crippen LogP) is 15.1. The third kappa shape index (κ3) is 15.2. The van der Waals surface area contributed by atoms with E-state index in [0.29, 0.717) is 54.4 Å². The molecule has 4 aromatic carbocycles. The molecule has 0 saturated carbocycles. The molecule has 0 amide bonds. The number of ether oxygens (including phenoxy) is 2. The van der Waals surface area contributed by atoms with E-state index >= 15 is 0 Å². The molecule has 2 aliphatic carbocycles. The molecule has 1 saturated heterocycles. The van der Waals surface area contributed by atoms with Crippen LogP contribution in [0.3, 0.4) is 0 Å². The average molecular weight is 1070 g/mol. The maximum absolute atomic E-state index is 14.3. The van der Waals surface area contributed by atoms with E-state index in [9.17, 15) is 65.5 Å². The Bertz CT molecular complexity index is 2630. The smallest absolute Gasteiger partial charge is 0.429 e. The average Bonchev–Trinajstić information content (AvgIpc) is 3.53. The Morgan fingerprint density at radius 1 is 0.603 bits per heavy atom. The van der Waals surface area contributed by atoms with Gasteiger partial charge in [-0.1, -0.05) is 69.9 Å². The lowest BCUT2D eigenvalue weighted by molar-refractivity contribution is -0.186. The molecule has 1 aliphatic heterocycles. The van der Waals surface area contributed by atoms with Crippen molar-refractivity contribution in [2.45, 2.75) is 135 Å². The van der Waals surface area contributed by atoms with E-state index in [1.165, 1.54) is 36.8 Å². The Hall–Kier alpha value is -5.22. The van der Waals surface area contributed by atoms with Crippen molar-refractivity contribution in [2.75, 3.05) is 0 Å². The number of allylic oxidation sites excluding steroid dienone is 4. The van der Waals surface area contributed by atoms with Crippen LogP contribution in [-0.2, 0) is 35.8 Å². The summed E-state index contributed by atoms with van der Waals surface area (Å²) in [7, 11) is -6.22. The Balaban J connectivity index is 0.000000210. The van der Waals surface area contributed by atoms with Crippen molar-refractivity contribution >= 4 is 28.3 Å². The molecule has 3 aliphatic rings. The van der Waals surface area contributed by atoms with E-state index < -0.39 is 104 Å². The summed E-state index contributed by atoms with van der Waals surface area (Å²) < 4.78 is 218. The van der Waals surface area contributed by atoms with E-state index in [2.05, 4.69) is 26.7 Å². The maximum Gasteiger partial charge on any atom is 0.534 e. The summed E-state index contributed by atoms with van der Waals surface area (Å²) in [5.41, 5.74) is -5.01. The molecule has 0 spiro atoms. The number of rotatable bonds is 14. The first-order chi connectivity index (χ1) is 33.9. The second kappa shape index (κ2) is 23.5. The summed E-state index contributed by atoms with van der Waals surface area (Å²) in [6, 6.07) is 12.1. The second-order valence-corrected chi connectivity index (χ2v) is 20.2. The SMILES string of the molecule is CC1(C)OB(c2ccc(C(F)(F)Oc3cc(F)c(F)c(F)c3)cc2)OC1(C)C.CCCC1CC=C(OS(=O)(=O)C(F)(F)F)CC1.CCCC1CC=C(c2ccc(C(F)(F)Oc3cc(F)c(F)c(F)c3)cc2)CC1. The molecule has 2 atom stereocenters. The number of hydrogen-bond acceptors (Lipinski definition) is 7. The van der Waals surface area contributed by atoms with Gasteiger partial charge in [-0.15, -0.1) is 0 Å². The molecule has 400 valence electrons. The van der Waals surface area contributed by atoms with E-state index in [1.807, 2.05) is 34.6 Å². The van der Waals surface area contributed by atoms with Crippen LogP contribution >= 0.6 is 0 Å². The molecular formula is C51H54BF13O7S. The molecule has 2 unspecified atom stereocenters.